The molecule has 7 nitrogen and oxygen atoms in total. The number of pyridine rings is 1. The minimum absolute atomic E-state index is 0.102. The van der Waals surface area contributed by atoms with E-state index in [1.54, 1.807) is 60.7 Å². The van der Waals surface area contributed by atoms with Crippen LogP contribution in [-0.4, -0.2) is 28.0 Å². The van der Waals surface area contributed by atoms with Gasteiger partial charge in [-0.2, -0.15) is 0 Å². The first-order valence-corrected chi connectivity index (χ1v) is 15.2. The molecule has 0 aliphatic carbocycles. The molecule has 0 aliphatic rings. The Kier molecular flexibility index (Phi) is 11.1. The number of amides is 3. The zero-order chi connectivity index (χ0) is 30.8. The Balaban J connectivity index is 1.51. The summed E-state index contributed by atoms with van der Waals surface area (Å²) < 4.78 is 0. The van der Waals surface area contributed by atoms with Crippen molar-refractivity contribution in [1.29, 1.82) is 0 Å². The van der Waals surface area contributed by atoms with Crippen molar-refractivity contribution in [2.45, 2.75) is 43.3 Å². The number of carbonyl (C=O) groups is 3. The van der Waals surface area contributed by atoms with Crippen molar-refractivity contribution in [2.24, 2.45) is 0 Å². The smallest absolute Gasteiger partial charge is 0.272 e. The van der Waals surface area contributed by atoms with Gasteiger partial charge in [-0.25, -0.2) is 4.98 Å². The highest BCUT2D eigenvalue weighted by molar-refractivity contribution is 8.00. The molecular weight excluding hydrogens is 580 g/mol. The van der Waals surface area contributed by atoms with Crippen molar-refractivity contribution in [3.05, 3.63) is 125 Å². The van der Waals surface area contributed by atoms with Crippen LogP contribution < -0.4 is 16.0 Å². The first-order valence-electron chi connectivity index (χ1n) is 13.9. The minimum atomic E-state index is -0.474. The summed E-state index contributed by atoms with van der Waals surface area (Å²) in [4.78, 5) is 44.3. The molecule has 0 spiro atoms. The van der Waals surface area contributed by atoms with Crippen molar-refractivity contribution in [1.82, 2.24) is 10.3 Å². The molecule has 0 bridgehead atoms. The first-order chi connectivity index (χ1) is 20.7. The van der Waals surface area contributed by atoms with Crippen molar-refractivity contribution >= 4 is 58.7 Å². The summed E-state index contributed by atoms with van der Waals surface area (Å²) in [5, 5.41) is 8.59. The van der Waals surface area contributed by atoms with Gasteiger partial charge in [0.05, 0.1) is 10.3 Å². The molecule has 0 radical (unpaired) electrons. The van der Waals surface area contributed by atoms with E-state index in [1.807, 2.05) is 43.3 Å². The van der Waals surface area contributed by atoms with Gasteiger partial charge in [0.1, 0.15) is 11.5 Å². The number of hydrogen-bond acceptors (Lipinski definition) is 5. The number of carbonyl (C=O) groups excluding carboxylic acids is 3. The van der Waals surface area contributed by atoms with E-state index in [1.165, 1.54) is 23.5 Å². The monoisotopic (exact) mass is 612 g/mol. The minimum Gasteiger partial charge on any atom is -0.321 e. The molecule has 3 aromatic carbocycles. The van der Waals surface area contributed by atoms with E-state index < -0.39 is 17.1 Å². The quantitative estimate of drug-likeness (QED) is 0.119. The maximum Gasteiger partial charge on any atom is 0.272 e. The zero-order valence-corrected chi connectivity index (χ0v) is 25.7. The lowest BCUT2D eigenvalue weighted by Crippen LogP contribution is -2.30. The summed E-state index contributed by atoms with van der Waals surface area (Å²) in [5.74, 6) is -0.259. The number of aromatic nitrogens is 1. The molecule has 0 saturated carbocycles. The van der Waals surface area contributed by atoms with Crippen LogP contribution in [0.1, 0.15) is 54.6 Å². The van der Waals surface area contributed by atoms with Crippen molar-refractivity contribution < 1.29 is 14.4 Å². The van der Waals surface area contributed by atoms with Crippen molar-refractivity contribution in [3.63, 3.8) is 0 Å². The molecule has 0 fully saturated rings. The lowest BCUT2D eigenvalue weighted by atomic mass is 10.0. The largest absolute Gasteiger partial charge is 0.321 e. The Morgan fingerprint density at radius 1 is 0.907 bits per heavy atom. The van der Waals surface area contributed by atoms with Gasteiger partial charge in [-0.1, -0.05) is 80.9 Å². The lowest BCUT2D eigenvalue weighted by molar-refractivity contribution is -0.116. The van der Waals surface area contributed by atoms with Gasteiger partial charge in [-0.05, 0) is 72.0 Å². The Morgan fingerprint density at radius 3 is 2.30 bits per heavy atom. The van der Waals surface area contributed by atoms with E-state index in [9.17, 15) is 14.4 Å². The van der Waals surface area contributed by atoms with Crippen molar-refractivity contribution in [2.75, 3.05) is 10.6 Å². The van der Waals surface area contributed by atoms with Gasteiger partial charge in [0.25, 0.3) is 11.8 Å². The van der Waals surface area contributed by atoms with Gasteiger partial charge >= 0.3 is 0 Å². The molecule has 0 aliphatic heterocycles. The number of nitrogens with zero attached hydrogens (tertiary/aromatic N) is 1. The van der Waals surface area contributed by atoms with Crippen molar-refractivity contribution in [3.8, 4) is 0 Å². The summed E-state index contributed by atoms with van der Waals surface area (Å²) in [7, 11) is 0. The highest BCUT2D eigenvalue weighted by atomic mass is 35.5. The fourth-order valence-corrected chi connectivity index (χ4v) is 5.20. The molecule has 1 atom stereocenters. The van der Waals surface area contributed by atoms with E-state index in [0.717, 1.165) is 10.5 Å². The van der Waals surface area contributed by atoms with E-state index in [4.69, 9.17) is 11.6 Å². The highest BCUT2D eigenvalue weighted by Gasteiger charge is 2.20. The number of benzene rings is 3. The number of hydrogen-bond donors (Lipinski definition) is 3. The number of nitrogens with one attached hydrogen (secondary N) is 3. The van der Waals surface area contributed by atoms with E-state index in [-0.39, 0.29) is 11.6 Å². The molecule has 1 aromatic heterocycles. The molecule has 4 rings (SSSR count). The van der Waals surface area contributed by atoms with Gasteiger partial charge in [0, 0.05) is 22.3 Å². The van der Waals surface area contributed by atoms with Gasteiger partial charge in [0.15, 0.2) is 0 Å². The number of rotatable bonds is 11. The molecule has 4 aromatic rings. The fraction of sp³-hybridized carbons (Fsp3) is 0.176. The third kappa shape index (κ3) is 9.30. The van der Waals surface area contributed by atoms with Crippen LogP contribution >= 0.6 is 23.4 Å². The van der Waals surface area contributed by atoms with E-state index in [0.29, 0.717) is 34.4 Å². The Morgan fingerprint density at radius 2 is 1.65 bits per heavy atom. The molecule has 9 heteroatoms. The van der Waals surface area contributed by atoms with E-state index in [2.05, 4.69) is 34.8 Å². The maximum atomic E-state index is 13.5. The van der Waals surface area contributed by atoms with Crippen LogP contribution in [0, 0.1) is 0 Å². The molecule has 1 unspecified atom stereocenters. The second kappa shape index (κ2) is 15.2. The van der Waals surface area contributed by atoms with Crippen LogP contribution in [0.25, 0.3) is 6.08 Å². The first kappa shape index (κ1) is 31.5. The summed E-state index contributed by atoms with van der Waals surface area (Å²) in [6.07, 6.45) is 3.71. The van der Waals surface area contributed by atoms with Gasteiger partial charge in [0.2, 0.25) is 5.91 Å². The average Bonchev–Trinajstić information content (AvgIpc) is 3.01. The van der Waals surface area contributed by atoms with E-state index >= 15 is 0 Å². The summed E-state index contributed by atoms with van der Waals surface area (Å²) in [5.41, 5.74) is 3.02. The molecule has 220 valence electrons. The third-order valence-electron chi connectivity index (χ3n) is 6.46. The van der Waals surface area contributed by atoms with Crippen LogP contribution in [0.3, 0.4) is 0 Å². The molecular formula is C34H33ClN4O3S. The molecule has 0 saturated heterocycles. The summed E-state index contributed by atoms with van der Waals surface area (Å²) >= 11 is 7.27. The van der Waals surface area contributed by atoms with Gasteiger partial charge < -0.3 is 16.0 Å². The predicted molar refractivity (Wildman–Crippen MR) is 175 cm³/mol. The second-order valence-electron chi connectivity index (χ2n) is 10.0. The fourth-order valence-electron chi connectivity index (χ4n) is 4.07. The maximum absolute atomic E-state index is 13.5. The number of thioether (sulfide) groups is 1. The Labute approximate surface area is 261 Å². The molecule has 43 heavy (non-hydrogen) atoms. The van der Waals surface area contributed by atoms with Crippen LogP contribution in [-0.2, 0) is 9.59 Å². The number of anilines is 2. The van der Waals surface area contributed by atoms with Crippen LogP contribution in [0.15, 0.2) is 108 Å². The van der Waals surface area contributed by atoms with Crippen LogP contribution in [0.2, 0.25) is 5.02 Å². The topological polar surface area (TPSA) is 100 Å². The molecule has 1 heterocycles. The SMILES string of the molecule is CCC(Sc1cccc(NC(=O)/C(=C\c2ccc(C(C)C)cc2)NC(=O)c2ccccc2)c1)C(=O)Nc1ccc(Cl)cn1. The lowest BCUT2D eigenvalue weighted by Gasteiger charge is -2.16. The summed E-state index contributed by atoms with van der Waals surface area (Å²) in [6.45, 7) is 6.16. The standard InChI is InChI=1S/C34H33ClN4O3S/c1-4-30(34(42)39-31-18-17-26(35)21-36-31)43-28-12-8-11-27(20-28)37-33(41)29(38-32(40)25-9-6-5-7-10-25)19-23-13-15-24(16-14-23)22(2)3/h5-22,30H,4H2,1-3H3,(H,37,41)(H,38,40)(H,36,39,42)/b29-19+. The normalized spacial score (nSPS) is 12.0. The average molecular weight is 613 g/mol. The van der Waals surface area contributed by atoms with Crippen LogP contribution in [0.5, 0.6) is 0 Å². The van der Waals surface area contributed by atoms with Gasteiger partial charge in [-0.3, -0.25) is 14.4 Å². The molecule has 3 amide bonds. The Hall–Kier alpha value is -4.40. The zero-order valence-electron chi connectivity index (χ0n) is 24.1. The Bertz CT molecular complexity index is 1590. The second-order valence-corrected chi connectivity index (χ2v) is 11.8. The highest BCUT2D eigenvalue weighted by Crippen LogP contribution is 2.29. The third-order valence-corrected chi connectivity index (χ3v) is 8.04. The summed E-state index contributed by atoms with van der Waals surface area (Å²) in [6, 6.07) is 27.1. The predicted octanol–water partition coefficient (Wildman–Crippen LogP) is 7.78. The number of halogens is 1. The molecule has 3 N–H and O–H groups in total. The van der Waals surface area contributed by atoms with Crippen LogP contribution in [0.4, 0.5) is 11.5 Å². The van der Waals surface area contributed by atoms with Gasteiger partial charge in [-0.15, -0.1) is 11.8 Å².